The van der Waals surface area contributed by atoms with E-state index in [0.29, 0.717) is 19.5 Å². The number of hydrogen-bond donors (Lipinski definition) is 3. The van der Waals surface area contributed by atoms with Crippen LogP contribution in [0.4, 0.5) is 4.79 Å². The van der Waals surface area contributed by atoms with Gasteiger partial charge in [0.15, 0.2) is 6.10 Å². The summed E-state index contributed by atoms with van der Waals surface area (Å²) < 4.78 is 0. The Morgan fingerprint density at radius 2 is 1.93 bits per heavy atom. The van der Waals surface area contributed by atoms with Gasteiger partial charge < -0.3 is 15.5 Å². The molecular weight excluding hydrogens is 370 g/mol. The summed E-state index contributed by atoms with van der Waals surface area (Å²) in [6.45, 7) is 9.22. The van der Waals surface area contributed by atoms with E-state index in [9.17, 15) is 19.8 Å². The van der Waals surface area contributed by atoms with Crippen molar-refractivity contribution >= 4 is 12.0 Å². The maximum Gasteiger partial charge on any atom is 0.422 e. The summed E-state index contributed by atoms with van der Waals surface area (Å²) in [6.07, 6.45) is 0.298. The number of carbonyl (C=O) groups excluding carboxylic acids is 1. The highest BCUT2D eigenvalue weighted by atomic mass is 16.4. The predicted octanol–water partition coefficient (Wildman–Crippen LogP) is 3.41. The third kappa shape index (κ3) is 6.18. The SMILES string of the molecule is CCCC[C@@H]([C@H](O)C(=O)N[C@H](C)c1ccccc1)N(C(=O)O)N1CCC(C)(C)C1. The first-order chi connectivity index (χ1) is 13.7. The Balaban J connectivity index is 2.17. The van der Waals surface area contributed by atoms with Crippen LogP contribution < -0.4 is 5.32 Å². The lowest BCUT2D eigenvalue weighted by atomic mass is 9.93. The van der Waals surface area contributed by atoms with E-state index >= 15 is 0 Å². The molecule has 3 N–H and O–H groups in total. The minimum Gasteiger partial charge on any atom is -0.464 e. The predicted molar refractivity (Wildman–Crippen MR) is 112 cm³/mol. The molecule has 1 heterocycles. The molecule has 0 aromatic heterocycles. The Morgan fingerprint density at radius 1 is 1.28 bits per heavy atom. The number of nitrogens with one attached hydrogen (secondary N) is 1. The molecule has 1 aromatic carbocycles. The first-order valence-electron chi connectivity index (χ1n) is 10.5. The maximum absolute atomic E-state index is 12.8. The summed E-state index contributed by atoms with van der Waals surface area (Å²) in [5.41, 5.74) is 0.924. The smallest absolute Gasteiger partial charge is 0.422 e. The molecule has 2 rings (SSSR count). The molecule has 3 atom stereocenters. The molecule has 2 amide bonds. The first kappa shape index (κ1) is 23.2. The van der Waals surface area contributed by atoms with Crippen LogP contribution in [0, 0.1) is 5.41 Å². The molecule has 0 saturated carbocycles. The van der Waals surface area contributed by atoms with Crippen molar-refractivity contribution < 1.29 is 19.8 Å². The molecule has 0 bridgehead atoms. The van der Waals surface area contributed by atoms with Crippen molar-refractivity contribution in [3.63, 3.8) is 0 Å². The highest BCUT2D eigenvalue weighted by molar-refractivity contribution is 5.82. The number of unbranched alkanes of at least 4 members (excludes halogenated alkanes) is 1. The van der Waals surface area contributed by atoms with Crippen LogP contribution in [0.15, 0.2) is 30.3 Å². The van der Waals surface area contributed by atoms with E-state index in [1.54, 1.807) is 5.01 Å². The lowest BCUT2D eigenvalue weighted by Crippen LogP contribution is -2.58. The Kier molecular flexibility index (Phi) is 8.05. The average molecular weight is 406 g/mol. The van der Waals surface area contributed by atoms with E-state index in [-0.39, 0.29) is 11.5 Å². The summed E-state index contributed by atoms with van der Waals surface area (Å²) >= 11 is 0. The number of carboxylic acid groups (broad SMARTS) is 1. The van der Waals surface area contributed by atoms with Crippen molar-refractivity contribution in [1.29, 1.82) is 0 Å². The number of hydrazine groups is 1. The van der Waals surface area contributed by atoms with Crippen molar-refractivity contribution in [2.45, 2.75) is 71.6 Å². The molecule has 0 spiro atoms. The fourth-order valence-electron chi connectivity index (χ4n) is 3.87. The van der Waals surface area contributed by atoms with Crippen LogP contribution in [0.3, 0.4) is 0 Å². The van der Waals surface area contributed by atoms with Crippen molar-refractivity contribution in [1.82, 2.24) is 15.3 Å². The molecule has 7 nitrogen and oxygen atoms in total. The minimum atomic E-state index is -1.44. The van der Waals surface area contributed by atoms with Gasteiger partial charge >= 0.3 is 6.09 Å². The van der Waals surface area contributed by atoms with Crippen LogP contribution in [0.1, 0.15) is 65.0 Å². The maximum atomic E-state index is 12.8. The summed E-state index contributed by atoms with van der Waals surface area (Å²) in [4.78, 5) is 24.9. The van der Waals surface area contributed by atoms with Gasteiger partial charge in [-0.2, -0.15) is 0 Å². The van der Waals surface area contributed by atoms with Gasteiger partial charge in [-0.3, -0.25) is 4.79 Å². The van der Waals surface area contributed by atoms with Gasteiger partial charge in [-0.15, -0.1) is 0 Å². The fourth-order valence-corrected chi connectivity index (χ4v) is 3.87. The molecular formula is C22H35N3O4. The number of rotatable bonds is 9. The number of aliphatic hydroxyl groups is 1. The summed E-state index contributed by atoms with van der Waals surface area (Å²) in [7, 11) is 0. The van der Waals surface area contributed by atoms with Crippen molar-refractivity contribution in [3.05, 3.63) is 35.9 Å². The van der Waals surface area contributed by atoms with Gasteiger partial charge in [0.1, 0.15) is 0 Å². The Labute approximate surface area is 173 Å². The van der Waals surface area contributed by atoms with Crippen LogP contribution in [0.25, 0.3) is 0 Å². The monoisotopic (exact) mass is 405 g/mol. The van der Waals surface area contributed by atoms with Gasteiger partial charge in [0.2, 0.25) is 0 Å². The van der Waals surface area contributed by atoms with Gasteiger partial charge in [-0.25, -0.2) is 14.8 Å². The standard InChI is InChI=1S/C22H35N3O4/c1-5-6-12-18(25(21(28)29)24-14-13-22(3,4)15-24)19(26)20(27)23-16(2)17-10-8-7-9-11-17/h7-11,16,18-19,26H,5-6,12-15H2,1-4H3,(H,23,27)(H,28,29)/t16-,18+,19+/m1/s1. The zero-order valence-corrected chi connectivity index (χ0v) is 18.0. The molecule has 0 unspecified atom stereocenters. The fraction of sp³-hybridized carbons (Fsp3) is 0.636. The van der Waals surface area contributed by atoms with E-state index < -0.39 is 24.1 Å². The second-order valence-electron chi connectivity index (χ2n) is 8.72. The summed E-state index contributed by atoms with van der Waals surface area (Å²) in [6, 6.07) is 8.39. The molecule has 1 fully saturated rings. The molecule has 0 aliphatic carbocycles. The number of hydrogen-bond acceptors (Lipinski definition) is 4. The molecule has 1 aliphatic heterocycles. The van der Waals surface area contributed by atoms with Crippen LogP contribution in [0.5, 0.6) is 0 Å². The molecule has 29 heavy (non-hydrogen) atoms. The Bertz CT molecular complexity index is 680. The van der Waals surface area contributed by atoms with Crippen LogP contribution >= 0.6 is 0 Å². The highest BCUT2D eigenvalue weighted by Gasteiger charge is 2.41. The minimum absolute atomic E-state index is 0.00194. The van der Waals surface area contributed by atoms with E-state index in [1.807, 2.05) is 44.2 Å². The third-order valence-electron chi connectivity index (χ3n) is 5.62. The second-order valence-corrected chi connectivity index (χ2v) is 8.72. The second kappa shape index (κ2) is 10.1. The number of aliphatic hydroxyl groups excluding tert-OH is 1. The highest BCUT2D eigenvalue weighted by Crippen LogP contribution is 2.31. The number of carbonyl (C=O) groups is 2. The Hall–Kier alpha value is -2.12. The van der Waals surface area contributed by atoms with Gasteiger partial charge in [0.05, 0.1) is 12.1 Å². The first-order valence-corrected chi connectivity index (χ1v) is 10.5. The molecule has 1 saturated heterocycles. The van der Waals surface area contributed by atoms with Crippen molar-refractivity contribution in [2.24, 2.45) is 5.41 Å². The van der Waals surface area contributed by atoms with E-state index in [4.69, 9.17) is 0 Å². The average Bonchev–Trinajstić information content (AvgIpc) is 3.03. The molecule has 1 aromatic rings. The third-order valence-corrected chi connectivity index (χ3v) is 5.62. The molecule has 7 heteroatoms. The van der Waals surface area contributed by atoms with Crippen molar-refractivity contribution in [2.75, 3.05) is 13.1 Å². The van der Waals surface area contributed by atoms with Gasteiger partial charge in [0, 0.05) is 13.1 Å². The molecule has 1 aliphatic rings. The number of amides is 2. The zero-order valence-electron chi connectivity index (χ0n) is 18.0. The van der Waals surface area contributed by atoms with E-state index in [2.05, 4.69) is 19.2 Å². The van der Waals surface area contributed by atoms with Gasteiger partial charge in [0.25, 0.3) is 5.91 Å². The zero-order chi connectivity index (χ0) is 21.6. The quantitative estimate of drug-likeness (QED) is 0.585. The van der Waals surface area contributed by atoms with Crippen LogP contribution in [0.2, 0.25) is 0 Å². The molecule has 162 valence electrons. The lowest BCUT2D eigenvalue weighted by molar-refractivity contribution is -0.139. The molecule has 0 radical (unpaired) electrons. The van der Waals surface area contributed by atoms with Crippen LogP contribution in [-0.4, -0.2) is 57.5 Å². The lowest BCUT2D eigenvalue weighted by Gasteiger charge is -2.38. The van der Waals surface area contributed by atoms with Gasteiger partial charge in [-0.05, 0) is 30.7 Å². The van der Waals surface area contributed by atoms with Gasteiger partial charge in [-0.1, -0.05) is 63.9 Å². The van der Waals surface area contributed by atoms with E-state index in [0.717, 1.165) is 24.8 Å². The largest absolute Gasteiger partial charge is 0.464 e. The normalized spacial score (nSPS) is 19.3. The summed E-state index contributed by atoms with van der Waals surface area (Å²) in [5.74, 6) is -0.549. The van der Waals surface area contributed by atoms with Crippen molar-refractivity contribution in [3.8, 4) is 0 Å². The Morgan fingerprint density at radius 3 is 2.45 bits per heavy atom. The van der Waals surface area contributed by atoms with Crippen LogP contribution in [-0.2, 0) is 4.79 Å². The summed E-state index contributed by atoms with van der Waals surface area (Å²) in [5, 5.41) is 26.6. The number of nitrogens with zero attached hydrogens (tertiary/aromatic N) is 2. The van der Waals surface area contributed by atoms with E-state index in [1.165, 1.54) is 5.01 Å². The number of benzene rings is 1. The topological polar surface area (TPSA) is 93.1 Å².